The number of anilines is 1. The van der Waals surface area contributed by atoms with E-state index in [0.717, 1.165) is 12.0 Å². The second-order valence-corrected chi connectivity index (χ2v) is 7.19. The van der Waals surface area contributed by atoms with Crippen molar-refractivity contribution in [3.63, 3.8) is 0 Å². The SMILES string of the molecule is Cc1ccc(N2NC(C(=O)N3CCc4sccc4C3)=NCC2=O)cc1. The molecule has 0 saturated carbocycles. The summed E-state index contributed by atoms with van der Waals surface area (Å²) in [6, 6.07) is 9.64. The lowest BCUT2D eigenvalue weighted by Gasteiger charge is -2.32. The molecule has 0 bridgehead atoms. The highest BCUT2D eigenvalue weighted by atomic mass is 32.1. The molecule has 4 rings (SSSR count). The Bertz CT molecular complexity index is 856. The van der Waals surface area contributed by atoms with Gasteiger partial charge in [-0.1, -0.05) is 17.7 Å². The van der Waals surface area contributed by atoms with Gasteiger partial charge in [-0.05, 0) is 42.5 Å². The number of hydrogen-bond acceptors (Lipinski definition) is 5. The maximum Gasteiger partial charge on any atom is 0.291 e. The van der Waals surface area contributed by atoms with Crippen molar-refractivity contribution in [1.29, 1.82) is 0 Å². The average Bonchev–Trinajstić information content (AvgIpc) is 3.10. The minimum atomic E-state index is -0.181. The van der Waals surface area contributed by atoms with Gasteiger partial charge in [0.2, 0.25) is 5.84 Å². The molecule has 0 aliphatic carbocycles. The predicted molar refractivity (Wildman–Crippen MR) is 97.5 cm³/mol. The number of fused-ring (bicyclic) bond motifs is 1. The largest absolute Gasteiger partial charge is 0.331 e. The van der Waals surface area contributed by atoms with Gasteiger partial charge in [-0.2, -0.15) is 0 Å². The molecule has 3 heterocycles. The molecule has 2 aliphatic rings. The van der Waals surface area contributed by atoms with Crippen molar-refractivity contribution in [3.8, 4) is 0 Å². The highest BCUT2D eigenvalue weighted by Crippen LogP contribution is 2.24. The van der Waals surface area contributed by atoms with E-state index in [9.17, 15) is 9.59 Å². The first-order valence-electron chi connectivity index (χ1n) is 8.17. The maximum atomic E-state index is 12.8. The molecule has 0 spiro atoms. The molecule has 0 fully saturated rings. The number of amidine groups is 1. The van der Waals surface area contributed by atoms with Gasteiger partial charge in [0.25, 0.3) is 11.8 Å². The summed E-state index contributed by atoms with van der Waals surface area (Å²) >= 11 is 1.74. The third-order valence-corrected chi connectivity index (χ3v) is 5.45. The zero-order valence-corrected chi connectivity index (χ0v) is 14.7. The number of hydrazine groups is 1. The number of hydrogen-bond donors (Lipinski definition) is 1. The molecule has 6 nitrogen and oxygen atoms in total. The van der Waals surface area contributed by atoms with Crippen LogP contribution in [0.25, 0.3) is 0 Å². The normalized spacial score (nSPS) is 17.0. The Balaban J connectivity index is 1.52. The molecular weight excluding hydrogens is 336 g/mol. The van der Waals surface area contributed by atoms with Crippen LogP contribution in [0.2, 0.25) is 0 Å². The van der Waals surface area contributed by atoms with Crippen molar-refractivity contribution in [2.24, 2.45) is 4.99 Å². The Hall–Kier alpha value is -2.67. The van der Waals surface area contributed by atoms with Gasteiger partial charge in [-0.15, -0.1) is 11.3 Å². The fourth-order valence-corrected chi connectivity index (χ4v) is 3.90. The van der Waals surface area contributed by atoms with Crippen molar-refractivity contribution < 1.29 is 9.59 Å². The Morgan fingerprint density at radius 2 is 2.04 bits per heavy atom. The summed E-state index contributed by atoms with van der Waals surface area (Å²) in [5, 5.41) is 3.46. The quantitative estimate of drug-likeness (QED) is 0.896. The topological polar surface area (TPSA) is 65.0 Å². The van der Waals surface area contributed by atoms with Crippen LogP contribution in [0.5, 0.6) is 0 Å². The smallest absolute Gasteiger partial charge is 0.291 e. The van der Waals surface area contributed by atoms with Crippen LogP contribution in [0.15, 0.2) is 40.7 Å². The number of nitrogens with zero attached hydrogens (tertiary/aromatic N) is 3. The van der Waals surface area contributed by atoms with Gasteiger partial charge in [0, 0.05) is 18.0 Å². The molecule has 0 saturated heterocycles. The van der Waals surface area contributed by atoms with Crippen molar-refractivity contribution in [1.82, 2.24) is 10.3 Å². The molecule has 1 N–H and O–H groups in total. The molecule has 2 aromatic rings. The summed E-state index contributed by atoms with van der Waals surface area (Å²) in [7, 11) is 0. The lowest BCUT2D eigenvalue weighted by molar-refractivity contribution is -0.125. The molecule has 2 amide bonds. The van der Waals surface area contributed by atoms with Gasteiger partial charge in [0.1, 0.15) is 6.54 Å². The first-order chi connectivity index (χ1) is 12.1. The summed E-state index contributed by atoms with van der Waals surface area (Å²) in [6.45, 7) is 3.22. The van der Waals surface area contributed by atoms with Gasteiger partial charge in [0.15, 0.2) is 0 Å². The van der Waals surface area contributed by atoms with Gasteiger partial charge < -0.3 is 4.90 Å². The number of aliphatic imine (C=N–C) groups is 1. The van der Waals surface area contributed by atoms with Crippen molar-refractivity contribution in [2.75, 3.05) is 18.1 Å². The highest BCUT2D eigenvalue weighted by Gasteiger charge is 2.30. The fourth-order valence-electron chi connectivity index (χ4n) is 3.01. The van der Waals surface area contributed by atoms with Crippen LogP contribution in [0.1, 0.15) is 16.0 Å². The summed E-state index contributed by atoms with van der Waals surface area (Å²) < 4.78 is 0. The number of carbonyl (C=O) groups is 2. The molecule has 0 radical (unpaired) electrons. The van der Waals surface area contributed by atoms with Gasteiger partial charge >= 0.3 is 0 Å². The van der Waals surface area contributed by atoms with Gasteiger partial charge in [-0.3, -0.25) is 20.0 Å². The fraction of sp³-hybridized carbons (Fsp3) is 0.278. The minimum absolute atomic E-state index is 0.0283. The number of amides is 2. The molecule has 0 unspecified atom stereocenters. The van der Waals surface area contributed by atoms with Crippen LogP contribution in [-0.4, -0.2) is 35.6 Å². The number of aryl methyl sites for hydroxylation is 1. The number of benzene rings is 1. The van der Waals surface area contributed by atoms with E-state index in [-0.39, 0.29) is 24.2 Å². The monoisotopic (exact) mass is 354 g/mol. The average molecular weight is 354 g/mol. The summed E-state index contributed by atoms with van der Waals surface area (Å²) in [5.74, 6) is -0.125. The van der Waals surface area contributed by atoms with Gasteiger partial charge in [0.05, 0.1) is 5.69 Å². The molecule has 128 valence electrons. The zero-order valence-electron chi connectivity index (χ0n) is 13.9. The van der Waals surface area contributed by atoms with Crippen molar-refractivity contribution >= 4 is 34.7 Å². The van der Waals surface area contributed by atoms with Crippen LogP contribution in [0.4, 0.5) is 5.69 Å². The van der Waals surface area contributed by atoms with Crippen molar-refractivity contribution in [3.05, 3.63) is 51.7 Å². The van der Waals surface area contributed by atoms with Crippen LogP contribution in [0.3, 0.4) is 0 Å². The van der Waals surface area contributed by atoms with E-state index in [2.05, 4.69) is 21.9 Å². The summed E-state index contributed by atoms with van der Waals surface area (Å²) in [5.41, 5.74) is 5.91. The van der Waals surface area contributed by atoms with Crippen LogP contribution >= 0.6 is 11.3 Å². The summed E-state index contributed by atoms with van der Waals surface area (Å²) in [6.07, 6.45) is 0.868. The highest BCUT2D eigenvalue weighted by molar-refractivity contribution is 7.10. The van der Waals surface area contributed by atoms with E-state index in [4.69, 9.17) is 0 Å². The second kappa shape index (κ2) is 6.33. The number of carbonyl (C=O) groups excluding carboxylic acids is 2. The molecule has 7 heteroatoms. The number of nitrogens with one attached hydrogen (secondary N) is 1. The van der Waals surface area contributed by atoms with E-state index in [0.29, 0.717) is 18.8 Å². The first kappa shape index (κ1) is 15.8. The van der Waals surface area contributed by atoms with E-state index in [1.807, 2.05) is 31.2 Å². The van der Waals surface area contributed by atoms with Crippen LogP contribution in [0, 0.1) is 6.92 Å². The Morgan fingerprint density at radius 3 is 2.84 bits per heavy atom. The van der Waals surface area contributed by atoms with Gasteiger partial charge in [-0.25, -0.2) is 5.01 Å². The van der Waals surface area contributed by atoms with Crippen molar-refractivity contribution in [2.45, 2.75) is 19.9 Å². The molecule has 1 aromatic heterocycles. The third-order valence-electron chi connectivity index (χ3n) is 4.43. The second-order valence-electron chi connectivity index (χ2n) is 6.19. The third kappa shape index (κ3) is 3.02. The molecule has 25 heavy (non-hydrogen) atoms. The van der Waals surface area contributed by atoms with E-state index >= 15 is 0 Å². The Labute approximate surface area is 149 Å². The zero-order chi connectivity index (χ0) is 17.4. The maximum absolute atomic E-state index is 12.8. The predicted octanol–water partition coefficient (Wildman–Crippen LogP) is 1.89. The first-order valence-corrected chi connectivity index (χ1v) is 9.05. The minimum Gasteiger partial charge on any atom is -0.331 e. The number of rotatable bonds is 2. The summed E-state index contributed by atoms with van der Waals surface area (Å²) in [4.78, 5) is 32.3. The van der Waals surface area contributed by atoms with Crippen LogP contribution < -0.4 is 10.4 Å². The molecule has 1 aromatic carbocycles. The van der Waals surface area contributed by atoms with E-state index in [1.165, 1.54) is 15.4 Å². The molecule has 2 aliphatic heterocycles. The lowest BCUT2D eigenvalue weighted by atomic mass is 10.1. The Morgan fingerprint density at radius 1 is 1.24 bits per heavy atom. The molecular formula is C18H18N4O2S. The molecule has 0 atom stereocenters. The number of thiophene rings is 1. The lowest BCUT2D eigenvalue weighted by Crippen LogP contribution is -2.56. The van der Waals surface area contributed by atoms with E-state index < -0.39 is 0 Å². The van der Waals surface area contributed by atoms with E-state index in [1.54, 1.807) is 16.2 Å². The van der Waals surface area contributed by atoms with Crippen LogP contribution in [-0.2, 0) is 22.6 Å². The Kier molecular flexibility index (Phi) is 4.01. The standard InChI is InChI=1S/C18H18N4O2S/c1-12-2-4-14(5-3-12)22-16(23)10-19-17(20-22)18(24)21-8-6-15-13(11-21)7-9-25-15/h2-5,7,9H,6,8,10-11H2,1H3,(H,19,20).